The SMILES string of the molecule is CC(C)CN(CC(C)C)C(C(C)N)C(C)(C)C. The second kappa shape index (κ2) is 6.75. The Morgan fingerprint density at radius 2 is 1.24 bits per heavy atom. The predicted octanol–water partition coefficient (Wildman–Crippen LogP) is 3.36. The summed E-state index contributed by atoms with van der Waals surface area (Å²) in [6.45, 7) is 20.5. The molecule has 2 unspecified atom stereocenters. The summed E-state index contributed by atoms with van der Waals surface area (Å²) in [7, 11) is 0. The van der Waals surface area contributed by atoms with Crippen LogP contribution in [0.15, 0.2) is 0 Å². The molecule has 0 aliphatic heterocycles. The van der Waals surface area contributed by atoms with Crippen molar-refractivity contribution in [1.29, 1.82) is 0 Å². The summed E-state index contributed by atoms with van der Waals surface area (Å²) >= 11 is 0. The van der Waals surface area contributed by atoms with Crippen LogP contribution in [0.25, 0.3) is 0 Å². The maximum Gasteiger partial charge on any atom is 0.0293 e. The van der Waals surface area contributed by atoms with Crippen LogP contribution < -0.4 is 5.73 Å². The highest BCUT2D eigenvalue weighted by Crippen LogP contribution is 2.27. The molecule has 0 bridgehead atoms. The summed E-state index contributed by atoms with van der Waals surface area (Å²) in [5.41, 5.74) is 6.47. The van der Waals surface area contributed by atoms with E-state index < -0.39 is 0 Å². The number of hydrogen-bond donors (Lipinski definition) is 1. The zero-order valence-corrected chi connectivity index (χ0v) is 13.2. The molecule has 0 saturated heterocycles. The van der Waals surface area contributed by atoms with Gasteiger partial charge in [-0.2, -0.15) is 0 Å². The summed E-state index contributed by atoms with van der Waals surface area (Å²) in [5.74, 6) is 1.38. The zero-order valence-electron chi connectivity index (χ0n) is 13.2. The second-order valence-corrected chi connectivity index (χ2v) is 7.41. The van der Waals surface area contributed by atoms with Gasteiger partial charge in [-0.15, -0.1) is 0 Å². The molecule has 0 aromatic rings. The largest absolute Gasteiger partial charge is 0.327 e. The van der Waals surface area contributed by atoms with Gasteiger partial charge in [0, 0.05) is 25.2 Å². The molecule has 0 aliphatic rings. The molecule has 0 amide bonds. The molecule has 0 aromatic carbocycles. The third-order valence-corrected chi connectivity index (χ3v) is 2.98. The Kier molecular flexibility index (Phi) is 6.71. The van der Waals surface area contributed by atoms with Gasteiger partial charge in [0.15, 0.2) is 0 Å². The zero-order chi connectivity index (χ0) is 13.8. The van der Waals surface area contributed by atoms with Crippen molar-refractivity contribution in [2.75, 3.05) is 13.1 Å². The van der Waals surface area contributed by atoms with E-state index in [9.17, 15) is 0 Å². The summed E-state index contributed by atoms with van der Waals surface area (Å²) in [4.78, 5) is 2.60. The van der Waals surface area contributed by atoms with Crippen molar-refractivity contribution >= 4 is 0 Å². The third kappa shape index (κ3) is 6.42. The first-order valence-electron chi connectivity index (χ1n) is 7.05. The van der Waals surface area contributed by atoms with E-state index in [0.717, 1.165) is 13.1 Å². The minimum atomic E-state index is 0.215. The quantitative estimate of drug-likeness (QED) is 0.774. The Labute approximate surface area is 109 Å². The molecular formula is C15H34N2. The van der Waals surface area contributed by atoms with E-state index in [1.165, 1.54) is 0 Å². The standard InChI is InChI=1S/C15H34N2/c1-11(2)9-17(10-12(3)4)14(13(5)16)15(6,7)8/h11-14H,9-10,16H2,1-8H3. The second-order valence-electron chi connectivity index (χ2n) is 7.41. The fraction of sp³-hybridized carbons (Fsp3) is 1.00. The topological polar surface area (TPSA) is 29.3 Å². The van der Waals surface area contributed by atoms with Crippen LogP contribution in [0.2, 0.25) is 0 Å². The number of hydrogen-bond acceptors (Lipinski definition) is 2. The van der Waals surface area contributed by atoms with Gasteiger partial charge in [-0.1, -0.05) is 48.5 Å². The van der Waals surface area contributed by atoms with Crippen molar-refractivity contribution < 1.29 is 0 Å². The van der Waals surface area contributed by atoms with Crippen LogP contribution in [0.3, 0.4) is 0 Å². The molecule has 0 aromatic heterocycles. The molecule has 0 aliphatic carbocycles. The van der Waals surface area contributed by atoms with Gasteiger partial charge >= 0.3 is 0 Å². The maximum absolute atomic E-state index is 6.23. The van der Waals surface area contributed by atoms with E-state index in [1.807, 2.05) is 0 Å². The molecule has 0 heterocycles. The van der Waals surface area contributed by atoms with E-state index in [1.54, 1.807) is 0 Å². The van der Waals surface area contributed by atoms with E-state index in [4.69, 9.17) is 5.73 Å². The Morgan fingerprint density at radius 3 is 1.41 bits per heavy atom. The lowest BCUT2D eigenvalue weighted by Gasteiger charge is -2.44. The Hall–Kier alpha value is -0.0800. The molecule has 2 nitrogen and oxygen atoms in total. The fourth-order valence-corrected chi connectivity index (χ4v) is 2.91. The first kappa shape index (κ1) is 16.9. The average Bonchev–Trinajstić information content (AvgIpc) is 1.95. The molecule has 2 atom stereocenters. The van der Waals surface area contributed by atoms with Crippen molar-refractivity contribution in [2.45, 2.75) is 67.5 Å². The van der Waals surface area contributed by atoms with Crippen LogP contribution in [0, 0.1) is 17.3 Å². The molecule has 104 valence electrons. The monoisotopic (exact) mass is 242 g/mol. The molecule has 0 radical (unpaired) electrons. The lowest BCUT2D eigenvalue weighted by Crippen LogP contribution is -2.55. The third-order valence-electron chi connectivity index (χ3n) is 2.98. The molecule has 0 spiro atoms. The first-order valence-corrected chi connectivity index (χ1v) is 7.05. The number of nitrogens with two attached hydrogens (primary N) is 1. The van der Waals surface area contributed by atoms with Gasteiger partial charge in [0.2, 0.25) is 0 Å². The molecule has 0 fully saturated rings. The van der Waals surface area contributed by atoms with Gasteiger partial charge in [-0.3, -0.25) is 4.90 Å². The predicted molar refractivity (Wildman–Crippen MR) is 78.1 cm³/mol. The van der Waals surface area contributed by atoms with E-state index in [-0.39, 0.29) is 11.5 Å². The lowest BCUT2D eigenvalue weighted by atomic mass is 9.81. The summed E-state index contributed by atoms with van der Waals surface area (Å²) in [6, 6.07) is 0.666. The summed E-state index contributed by atoms with van der Waals surface area (Å²) in [6.07, 6.45) is 0. The molecular weight excluding hydrogens is 208 g/mol. The number of rotatable bonds is 6. The molecule has 2 heteroatoms. The van der Waals surface area contributed by atoms with Crippen LogP contribution in [0.5, 0.6) is 0 Å². The Bertz CT molecular complexity index is 191. The van der Waals surface area contributed by atoms with Gasteiger partial charge in [0.1, 0.15) is 0 Å². The van der Waals surface area contributed by atoms with Crippen LogP contribution >= 0.6 is 0 Å². The highest BCUT2D eigenvalue weighted by molar-refractivity contribution is 4.89. The van der Waals surface area contributed by atoms with E-state index >= 15 is 0 Å². The Balaban J connectivity index is 4.94. The van der Waals surface area contributed by atoms with Crippen LogP contribution in [-0.4, -0.2) is 30.1 Å². The maximum atomic E-state index is 6.23. The van der Waals surface area contributed by atoms with E-state index in [2.05, 4.69) is 60.3 Å². The number of nitrogens with zero attached hydrogens (tertiary/aromatic N) is 1. The fourth-order valence-electron chi connectivity index (χ4n) is 2.91. The van der Waals surface area contributed by atoms with Crippen molar-refractivity contribution in [3.8, 4) is 0 Å². The smallest absolute Gasteiger partial charge is 0.0293 e. The average molecular weight is 242 g/mol. The van der Waals surface area contributed by atoms with Gasteiger partial charge in [0.05, 0.1) is 0 Å². The summed E-state index contributed by atoms with van der Waals surface area (Å²) < 4.78 is 0. The van der Waals surface area contributed by atoms with Gasteiger partial charge in [0.25, 0.3) is 0 Å². The van der Waals surface area contributed by atoms with Crippen LogP contribution in [0.4, 0.5) is 0 Å². The first-order chi connectivity index (χ1) is 7.55. The minimum Gasteiger partial charge on any atom is -0.327 e. The normalized spacial score (nSPS) is 16.9. The Morgan fingerprint density at radius 1 is 0.882 bits per heavy atom. The van der Waals surface area contributed by atoms with Crippen molar-refractivity contribution in [3.05, 3.63) is 0 Å². The van der Waals surface area contributed by atoms with Crippen molar-refractivity contribution in [2.24, 2.45) is 23.0 Å². The highest BCUT2D eigenvalue weighted by atomic mass is 15.2. The molecule has 17 heavy (non-hydrogen) atoms. The van der Waals surface area contributed by atoms with Crippen LogP contribution in [-0.2, 0) is 0 Å². The van der Waals surface area contributed by atoms with Gasteiger partial charge < -0.3 is 5.73 Å². The lowest BCUT2D eigenvalue weighted by molar-refractivity contribution is 0.0614. The van der Waals surface area contributed by atoms with Crippen molar-refractivity contribution in [3.63, 3.8) is 0 Å². The van der Waals surface area contributed by atoms with E-state index in [0.29, 0.717) is 17.9 Å². The van der Waals surface area contributed by atoms with Gasteiger partial charge in [-0.25, -0.2) is 0 Å². The molecule has 2 N–H and O–H groups in total. The highest BCUT2D eigenvalue weighted by Gasteiger charge is 2.33. The summed E-state index contributed by atoms with van der Waals surface area (Å²) in [5, 5.41) is 0. The molecule has 0 rings (SSSR count). The van der Waals surface area contributed by atoms with Crippen LogP contribution in [0.1, 0.15) is 55.4 Å². The van der Waals surface area contributed by atoms with Crippen molar-refractivity contribution in [1.82, 2.24) is 4.90 Å². The van der Waals surface area contributed by atoms with Gasteiger partial charge in [-0.05, 0) is 24.2 Å². The molecule has 0 saturated carbocycles. The minimum absolute atomic E-state index is 0.215.